The van der Waals surface area contributed by atoms with E-state index in [1.165, 1.54) is 0 Å². The zero-order valence-electron chi connectivity index (χ0n) is 14.1. The van der Waals surface area contributed by atoms with E-state index in [1.54, 1.807) is 4.90 Å². The number of nitrogens with zero attached hydrogens (tertiary/aromatic N) is 1. The van der Waals surface area contributed by atoms with Gasteiger partial charge in [0.15, 0.2) is 0 Å². The van der Waals surface area contributed by atoms with Crippen molar-refractivity contribution < 1.29 is 9.63 Å². The second kappa shape index (κ2) is 7.29. The quantitative estimate of drug-likeness (QED) is 0.816. The molecule has 0 aliphatic carbocycles. The van der Waals surface area contributed by atoms with E-state index >= 15 is 0 Å². The predicted octanol–water partition coefficient (Wildman–Crippen LogP) is 4.90. The van der Waals surface area contributed by atoms with Gasteiger partial charge in [0.25, 0.3) is 0 Å². The van der Waals surface area contributed by atoms with E-state index in [1.807, 2.05) is 67.6 Å². The molecular weight excluding hydrogens is 288 g/mol. The lowest BCUT2D eigenvalue weighted by Gasteiger charge is -2.29. The Labute approximate surface area is 138 Å². The van der Waals surface area contributed by atoms with E-state index in [2.05, 4.69) is 26.3 Å². The summed E-state index contributed by atoms with van der Waals surface area (Å²) in [5.74, 6) is 0. The maximum absolute atomic E-state index is 12.6. The van der Waals surface area contributed by atoms with E-state index in [0.717, 1.165) is 11.4 Å². The average molecular weight is 312 g/mol. The maximum atomic E-state index is 12.6. The number of para-hydroxylation sites is 2. The molecule has 2 aromatic carbocycles. The zero-order chi connectivity index (χ0) is 16.9. The van der Waals surface area contributed by atoms with Crippen molar-refractivity contribution in [3.05, 3.63) is 60.7 Å². The van der Waals surface area contributed by atoms with Crippen molar-refractivity contribution in [2.24, 2.45) is 5.41 Å². The van der Waals surface area contributed by atoms with Crippen LogP contribution in [0, 0.1) is 5.41 Å². The molecule has 1 N–H and O–H groups in total. The number of benzene rings is 2. The second-order valence-corrected chi connectivity index (χ2v) is 6.58. The van der Waals surface area contributed by atoms with Crippen LogP contribution < -0.4 is 10.4 Å². The molecule has 4 heteroatoms. The minimum Gasteiger partial charge on any atom is -0.353 e. The van der Waals surface area contributed by atoms with Gasteiger partial charge in [0.1, 0.15) is 0 Å². The van der Waals surface area contributed by atoms with Crippen LogP contribution in [0.2, 0.25) is 0 Å². The number of hydrogen-bond donors (Lipinski definition) is 1. The standard InChI is InChI=1S/C19H24N2O2/c1-15(19(2,3)4)20-23-18(22)21(16-11-7-5-8-12-16)17-13-9-6-10-14-17/h5-15,20H,1-4H3/t15-/m0/s1. The lowest BCUT2D eigenvalue weighted by Crippen LogP contribution is -2.41. The summed E-state index contributed by atoms with van der Waals surface area (Å²) >= 11 is 0. The Balaban J connectivity index is 2.20. The number of nitrogens with one attached hydrogen (secondary N) is 1. The van der Waals surface area contributed by atoms with E-state index in [4.69, 9.17) is 4.84 Å². The fourth-order valence-electron chi connectivity index (χ4n) is 1.88. The molecule has 0 aromatic heterocycles. The summed E-state index contributed by atoms with van der Waals surface area (Å²) in [5, 5.41) is 0. The van der Waals surface area contributed by atoms with Crippen LogP contribution in [0.5, 0.6) is 0 Å². The van der Waals surface area contributed by atoms with Gasteiger partial charge in [0, 0.05) is 6.04 Å². The van der Waals surface area contributed by atoms with Gasteiger partial charge in [-0.1, -0.05) is 57.2 Å². The summed E-state index contributed by atoms with van der Waals surface area (Å²) < 4.78 is 0. The first-order valence-electron chi connectivity index (χ1n) is 7.76. The minimum atomic E-state index is -0.460. The third-order valence-electron chi connectivity index (χ3n) is 3.83. The van der Waals surface area contributed by atoms with Crippen molar-refractivity contribution in [1.29, 1.82) is 0 Å². The van der Waals surface area contributed by atoms with E-state index in [0.29, 0.717) is 0 Å². The van der Waals surface area contributed by atoms with Crippen LogP contribution in [0.1, 0.15) is 27.7 Å². The monoisotopic (exact) mass is 312 g/mol. The Bertz CT molecular complexity index is 581. The minimum absolute atomic E-state index is 0.00932. The summed E-state index contributed by atoms with van der Waals surface area (Å²) in [6.07, 6.45) is -0.460. The molecule has 0 saturated carbocycles. The Morgan fingerprint density at radius 3 is 1.78 bits per heavy atom. The van der Waals surface area contributed by atoms with Crippen molar-refractivity contribution >= 4 is 17.5 Å². The molecule has 0 unspecified atom stereocenters. The lowest BCUT2D eigenvalue weighted by molar-refractivity contribution is 0.0504. The molecule has 1 amide bonds. The number of carbonyl (C=O) groups excluding carboxylic acids is 1. The molecule has 0 aliphatic rings. The highest BCUT2D eigenvalue weighted by atomic mass is 16.7. The van der Waals surface area contributed by atoms with Gasteiger partial charge in [-0.15, -0.1) is 5.48 Å². The molecule has 0 spiro atoms. The largest absolute Gasteiger partial charge is 0.437 e. The van der Waals surface area contributed by atoms with Crippen LogP contribution in [-0.4, -0.2) is 12.1 Å². The molecule has 0 saturated heterocycles. The first-order chi connectivity index (χ1) is 10.9. The van der Waals surface area contributed by atoms with E-state index in [9.17, 15) is 4.79 Å². The first kappa shape index (κ1) is 17.0. The first-order valence-corrected chi connectivity index (χ1v) is 7.76. The smallest absolute Gasteiger partial charge is 0.353 e. The molecule has 4 nitrogen and oxygen atoms in total. The van der Waals surface area contributed by atoms with Gasteiger partial charge in [-0.3, -0.25) is 0 Å². The number of hydroxylamine groups is 1. The summed E-state index contributed by atoms with van der Waals surface area (Å²) in [4.78, 5) is 19.5. The normalized spacial score (nSPS) is 12.5. The Kier molecular flexibility index (Phi) is 5.40. The van der Waals surface area contributed by atoms with E-state index in [-0.39, 0.29) is 11.5 Å². The fourth-order valence-corrected chi connectivity index (χ4v) is 1.88. The predicted molar refractivity (Wildman–Crippen MR) is 93.6 cm³/mol. The summed E-state index contributed by atoms with van der Waals surface area (Å²) in [5.41, 5.74) is 4.36. The highest BCUT2D eigenvalue weighted by Gasteiger charge is 2.24. The average Bonchev–Trinajstić information content (AvgIpc) is 2.54. The summed E-state index contributed by atoms with van der Waals surface area (Å²) in [7, 11) is 0. The molecule has 0 bridgehead atoms. The molecular formula is C19H24N2O2. The van der Waals surface area contributed by atoms with Crippen molar-refractivity contribution in [3.63, 3.8) is 0 Å². The van der Waals surface area contributed by atoms with Gasteiger partial charge in [-0.25, -0.2) is 9.69 Å². The fraction of sp³-hybridized carbons (Fsp3) is 0.316. The molecule has 0 aliphatic heterocycles. The summed E-state index contributed by atoms with van der Waals surface area (Å²) in [6, 6.07) is 18.9. The van der Waals surface area contributed by atoms with Crippen molar-refractivity contribution in [1.82, 2.24) is 5.48 Å². The molecule has 122 valence electrons. The van der Waals surface area contributed by atoms with Crippen LogP contribution in [0.4, 0.5) is 16.2 Å². The highest BCUT2D eigenvalue weighted by Crippen LogP contribution is 2.26. The number of hydrogen-bond acceptors (Lipinski definition) is 3. The van der Waals surface area contributed by atoms with Crippen LogP contribution in [0.3, 0.4) is 0 Å². The topological polar surface area (TPSA) is 41.6 Å². The van der Waals surface area contributed by atoms with E-state index < -0.39 is 6.09 Å². The van der Waals surface area contributed by atoms with Crippen LogP contribution in [0.25, 0.3) is 0 Å². The number of carbonyl (C=O) groups is 1. The third-order valence-corrected chi connectivity index (χ3v) is 3.83. The highest BCUT2D eigenvalue weighted by molar-refractivity contribution is 5.95. The molecule has 0 heterocycles. The van der Waals surface area contributed by atoms with Gasteiger partial charge in [0.05, 0.1) is 11.4 Å². The van der Waals surface area contributed by atoms with Crippen molar-refractivity contribution in [2.75, 3.05) is 4.90 Å². The molecule has 2 aromatic rings. The maximum Gasteiger partial charge on any atom is 0.437 e. The Morgan fingerprint density at radius 2 is 1.39 bits per heavy atom. The van der Waals surface area contributed by atoms with Gasteiger partial charge in [0.2, 0.25) is 0 Å². The Hall–Kier alpha value is -2.33. The Morgan fingerprint density at radius 1 is 0.957 bits per heavy atom. The second-order valence-electron chi connectivity index (χ2n) is 6.58. The van der Waals surface area contributed by atoms with Crippen LogP contribution in [-0.2, 0) is 4.84 Å². The molecule has 0 fully saturated rings. The zero-order valence-corrected chi connectivity index (χ0v) is 14.1. The van der Waals surface area contributed by atoms with Crippen LogP contribution >= 0.6 is 0 Å². The van der Waals surface area contributed by atoms with Crippen LogP contribution in [0.15, 0.2) is 60.7 Å². The molecule has 23 heavy (non-hydrogen) atoms. The number of amides is 1. The molecule has 1 atom stereocenters. The third kappa shape index (κ3) is 4.57. The molecule has 2 rings (SSSR count). The molecule has 0 radical (unpaired) electrons. The van der Waals surface area contributed by atoms with Gasteiger partial charge < -0.3 is 4.84 Å². The summed E-state index contributed by atoms with van der Waals surface area (Å²) in [6.45, 7) is 8.25. The van der Waals surface area contributed by atoms with Crippen molar-refractivity contribution in [3.8, 4) is 0 Å². The van der Waals surface area contributed by atoms with Crippen molar-refractivity contribution in [2.45, 2.75) is 33.7 Å². The van der Waals surface area contributed by atoms with Gasteiger partial charge in [-0.05, 0) is 36.6 Å². The number of rotatable bonds is 4. The van der Waals surface area contributed by atoms with Gasteiger partial charge >= 0.3 is 6.09 Å². The lowest BCUT2D eigenvalue weighted by atomic mass is 9.89. The number of anilines is 2. The SMILES string of the molecule is C[C@H](NOC(=O)N(c1ccccc1)c1ccccc1)C(C)(C)C. The van der Waals surface area contributed by atoms with Gasteiger partial charge in [-0.2, -0.15) is 0 Å².